The Balaban J connectivity index is 1.49. The number of rotatable bonds is 5. The molecule has 0 amide bonds. The largest absolute Gasteiger partial charge is 0.497 e. The number of methoxy groups -OCH3 is 1. The minimum absolute atomic E-state index is 0.247. The fourth-order valence-electron chi connectivity index (χ4n) is 4.87. The molecule has 2 aromatic heterocycles. The first-order valence-corrected chi connectivity index (χ1v) is 11.6. The summed E-state index contributed by atoms with van der Waals surface area (Å²) in [5, 5.41) is 6.05. The fourth-order valence-corrected chi connectivity index (χ4v) is 4.87. The second kappa shape index (κ2) is 8.64. The zero-order chi connectivity index (χ0) is 22.9. The lowest BCUT2D eigenvalue weighted by Crippen LogP contribution is -2.09. The highest BCUT2D eigenvalue weighted by Gasteiger charge is 2.23. The summed E-state index contributed by atoms with van der Waals surface area (Å²) in [4.78, 5) is 9.40. The van der Waals surface area contributed by atoms with Gasteiger partial charge in [-0.05, 0) is 76.9 Å². The summed E-state index contributed by atoms with van der Waals surface area (Å²) in [6, 6.07) is 29.9. The summed E-state index contributed by atoms with van der Waals surface area (Å²) >= 11 is 0. The van der Waals surface area contributed by atoms with E-state index in [1.54, 1.807) is 13.3 Å². The van der Waals surface area contributed by atoms with Crippen LogP contribution in [0.15, 0.2) is 97.3 Å². The SMILES string of the molecule is COc1cccc(-c2ccc3cc(-c4cccnc4)nc(NC4CCc5ccccc54)c3c2)c1. The Hall–Kier alpha value is -4.18. The third kappa shape index (κ3) is 3.77. The monoisotopic (exact) mass is 443 g/mol. The molecule has 3 aromatic carbocycles. The summed E-state index contributed by atoms with van der Waals surface area (Å²) in [5.41, 5.74) is 6.98. The number of nitrogens with zero attached hydrogens (tertiary/aromatic N) is 2. The zero-order valence-electron chi connectivity index (χ0n) is 19.0. The van der Waals surface area contributed by atoms with Gasteiger partial charge in [-0.3, -0.25) is 4.98 Å². The maximum Gasteiger partial charge on any atom is 0.135 e. The highest BCUT2D eigenvalue weighted by molar-refractivity contribution is 5.97. The third-order valence-corrected chi connectivity index (χ3v) is 6.64. The van der Waals surface area contributed by atoms with Crippen molar-refractivity contribution in [3.05, 3.63) is 108 Å². The van der Waals surface area contributed by atoms with Crippen LogP contribution >= 0.6 is 0 Å². The van der Waals surface area contributed by atoms with Gasteiger partial charge in [-0.1, -0.05) is 48.5 Å². The van der Waals surface area contributed by atoms with Crippen molar-refractivity contribution in [2.45, 2.75) is 18.9 Å². The Labute approximate surface area is 199 Å². The van der Waals surface area contributed by atoms with Crippen LogP contribution in [0.5, 0.6) is 5.75 Å². The smallest absolute Gasteiger partial charge is 0.135 e. The molecule has 0 fully saturated rings. The van der Waals surface area contributed by atoms with Gasteiger partial charge in [-0.2, -0.15) is 0 Å². The molecule has 1 atom stereocenters. The zero-order valence-corrected chi connectivity index (χ0v) is 19.0. The Bertz CT molecular complexity index is 1480. The number of nitrogens with one attached hydrogen (secondary N) is 1. The summed E-state index contributed by atoms with van der Waals surface area (Å²) in [7, 11) is 1.70. The molecule has 4 nitrogen and oxygen atoms in total. The van der Waals surface area contributed by atoms with Gasteiger partial charge in [0.05, 0.1) is 18.8 Å². The molecule has 0 spiro atoms. The van der Waals surface area contributed by atoms with Crippen molar-refractivity contribution in [3.63, 3.8) is 0 Å². The molecule has 0 radical (unpaired) electrons. The quantitative estimate of drug-likeness (QED) is 0.315. The van der Waals surface area contributed by atoms with E-state index in [0.717, 1.165) is 57.6 Å². The average molecular weight is 444 g/mol. The molecule has 1 aliphatic rings. The van der Waals surface area contributed by atoms with Gasteiger partial charge >= 0.3 is 0 Å². The second-order valence-corrected chi connectivity index (χ2v) is 8.70. The topological polar surface area (TPSA) is 47.0 Å². The van der Waals surface area contributed by atoms with E-state index >= 15 is 0 Å². The van der Waals surface area contributed by atoms with Crippen LogP contribution in [0.3, 0.4) is 0 Å². The number of hydrogen-bond donors (Lipinski definition) is 1. The number of ether oxygens (including phenoxy) is 1. The normalized spacial score (nSPS) is 14.7. The second-order valence-electron chi connectivity index (χ2n) is 8.70. The maximum absolute atomic E-state index is 5.44. The van der Waals surface area contributed by atoms with Gasteiger partial charge in [0.1, 0.15) is 11.6 Å². The van der Waals surface area contributed by atoms with E-state index in [4.69, 9.17) is 9.72 Å². The van der Waals surface area contributed by atoms with Gasteiger partial charge in [0.15, 0.2) is 0 Å². The van der Waals surface area contributed by atoms with Crippen LogP contribution < -0.4 is 10.1 Å². The number of aryl methyl sites for hydroxylation is 1. The van der Waals surface area contributed by atoms with Crippen LogP contribution in [0.4, 0.5) is 5.82 Å². The van der Waals surface area contributed by atoms with Crippen LogP contribution in [0.25, 0.3) is 33.2 Å². The lowest BCUT2D eigenvalue weighted by atomic mass is 10.00. The van der Waals surface area contributed by atoms with Crippen LogP contribution in [0.1, 0.15) is 23.6 Å². The number of hydrogen-bond acceptors (Lipinski definition) is 4. The first-order valence-electron chi connectivity index (χ1n) is 11.6. The third-order valence-electron chi connectivity index (χ3n) is 6.64. The molecule has 1 N–H and O–H groups in total. The van der Waals surface area contributed by atoms with Crippen LogP contribution in [0.2, 0.25) is 0 Å². The molecule has 6 rings (SSSR count). The number of anilines is 1. The molecule has 5 aromatic rings. The predicted octanol–water partition coefficient (Wildman–Crippen LogP) is 7.07. The highest BCUT2D eigenvalue weighted by Crippen LogP contribution is 2.37. The maximum atomic E-state index is 5.44. The molecule has 34 heavy (non-hydrogen) atoms. The summed E-state index contributed by atoms with van der Waals surface area (Å²) in [6.07, 6.45) is 5.81. The van der Waals surface area contributed by atoms with Gasteiger partial charge in [0, 0.05) is 23.3 Å². The van der Waals surface area contributed by atoms with Crippen molar-refractivity contribution < 1.29 is 4.74 Å². The number of benzene rings is 3. The van der Waals surface area contributed by atoms with E-state index in [1.165, 1.54) is 11.1 Å². The van der Waals surface area contributed by atoms with Crippen LogP contribution in [-0.4, -0.2) is 17.1 Å². The molecule has 166 valence electrons. The van der Waals surface area contributed by atoms with E-state index in [9.17, 15) is 0 Å². The van der Waals surface area contributed by atoms with E-state index in [-0.39, 0.29) is 6.04 Å². The Kier molecular flexibility index (Phi) is 5.19. The van der Waals surface area contributed by atoms with Crippen molar-refractivity contribution in [1.82, 2.24) is 9.97 Å². The summed E-state index contributed by atoms with van der Waals surface area (Å²) in [5.74, 6) is 1.76. The molecule has 1 unspecified atom stereocenters. The van der Waals surface area contributed by atoms with Crippen molar-refractivity contribution in [3.8, 4) is 28.1 Å². The van der Waals surface area contributed by atoms with E-state index in [1.807, 2.05) is 24.4 Å². The van der Waals surface area contributed by atoms with E-state index in [2.05, 4.69) is 77.0 Å². The molecule has 0 aliphatic heterocycles. The Morgan fingerprint density at radius 3 is 2.62 bits per heavy atom. The molecule has 0 saturated heterocycles. The summed E-state index contributed by atoms with van der Waals surface area (Å²) < 4.78 is 5.44. The average Bonchev–Trinajstić information content (AvgIpc) is 3.31. The molecule has 0 saturated carbocycles. The standard InChI is InChI=1S/C30H25N3O/c1-34-25-9-4-7-21(16-25)22-11-12-23-18-29(24-8-5-15-31-19-24)33-30(27(23)17-22)32-28-14-13-20-6-2-3-10-26(20)28/h2-12,15-19,28H,13-14H2,1H3,(H,32,33). The van der Waals surface area contributed by atoms with Gasteiger partial charge in [0.2, 0.25) is 0 Å². The molecule has 4 heteroatoms. The van der Waals surface area contributed by atoms with Crippen LogP contribution in [-0.2, 0) is 6.42 Å². The van der Waals surface area contributed by atoms with Crippen molar-refractivity contribution in [2.75, 3.05) is 12.4 Å². The first-order chi connectivity index (χ1) is 16.8. The van der Waals surface area contributed by atoms with Gasteiger partial charge in [0.25, 0.3) is 0 Å². The Morgan fingerprint density at radius 2 is 1.74 bits per heavy atom. The number of pyridine rings is 2. The lowest BCUT2D eigenvalue weighted by Gasteiger charge is -2.18. The molecule has 1 aliphatic carbocycles. The van der Waals surface area contributed by atoms with Crippen molar-refractivity contribution in [1.29, 1.82) is 0 Å². The summed E-state index contributed by atoms with van der Waals surface area (Å²) in [6.45, 7) is 0. The molecular formula is C30H25N3O. The molecular weight excluding hydrogens is 418 g/mol. The van der Waals surface area contributed by atoms with Crippen molar-refractivity contribution >= 4 is 16.6 Å². The highest BCUT2D eigenvalue weighted by atomic mass is 16.5. The minimum atomic E-state index is 0.247. The molecule has 2 heterocycles. The number of aromatic nitrogens is 2. The van der Waals surface area contributed by atoms with Crippen LogP contribution in [0, 0.1) is 0 Å². The van der Waals surface area contributed by atoms with Gasteiger partial charge in [-0.25, -0.2) is 4.98 Å². The molecule has 0 bridgehead atoms. The fraction of sp³-hybridized carbons (Fsp3) is 0.133. The Morgan fingerprint density at radius 1 is 0.853 bits per heavy atom. The van der Waals surface area contributed by atoms with Crippen molar-refractivity contribution in [2.24, 2.45) is 0 Å². The van der Waals surface area contributed by atoms with Gasteiger partial charge in [-0.15, -0.1) is 0 Å². The van der Waals surface area contributed by atoms with Gasteiger partial charge < -0.3 is 10.1 Å². The lowest BCUT2D eigenvalue weighted by molar-refractivity contribution is 0.415. The predicted molar refractivity (Wildman–Crippen MR) is 138 cm³/mol. The first kappa shape index (κ1) is 20.4. The van der Waals surface area contributed by atoms with E-state index < -0.39 is 0 Å². The minimum Gasteiger partial charge on any atom is -0.497 e. The number of fused-ring (bicyclic) bond motifs is 2. The van der Waals surface area contributed by atoms with E-state index in [0.29, 0.717) is 0 Å².